The maximum Gasteiger partial charge on any atom is 0.472 e. The highest BCUT2D eigenvalue weighted by atomic mass is 31.2. The Morgan fingerprint density at radius 1 is 0.273 bits per heavy atom. The molecule has 19 heteroatoms. The number of ether oxygens (including phenoxy) is 4. The number of unbranched alkanes of at least 4 members (excludes halogenated alkanes) is 46. The molecular weight excluding hydrogens is 1290 g/mol. The molecule has 0 fully saturated rings. The van der Waals surface area contributed by atoms with Gasteiger partial charge in [-0.1, -0.05) is 363 Å². The van der Waals surface area contributed by atoms with Crippen LogP contribution in [0, 0.1) is 17.8 Å². The Bertz CT molecular complexity index is 1920. The van der Waals surface area contributed by atoms with Crippen LogP contribution in [0.4, 0.5) is 0 Å². The average molecular weight is 1450 g/mol. The molecule has 0 spiro atoms. The molecule has 0 amide bonds. The van der Waals surface area contributed by atoms with Gasteiger partial charge in [-0.2, -0.15) is 0 Å². The van der Waals surface area contributed by atoms with Gasteiger partial charge in [0.15, 0.2) is 12.2 Å². The molecule has 0 aromatic heterocycles. The van der Waals surface area contributed by atoms with Gasteiger partial charge in [0.2, 0.25) is 0 Å². The smallest absolute Gasteiger partial charge is 0.462 e. The van der Waals surface area contributed by atoms with Crippen molar-refractivity contribution in [3.8, 4) is 0 Å². The van der Waals surface area contributed by atoms with Crippen molar-refractivity contribution in [1.29, 1.82) is 0 Å². The molecule has 0 saturated heterocycles. The maximum atomic E-state index is 13.1. The van der Waals surface area contributed by atoms with Crippen molar-refractivity contribution in [2.45, 2.75) is 433 Å². The zero-order valence-corrected chi connectivity index (χ0v) is 66.8. The molecule has 0 saturated carbocycles. The molecule has 0 aliphatic heterocycles. The fourth-order valence-electron chi connectivity index (χ4n) is 12.3. The molecule has 0 aliphatic rings. The molecule has 0 heterocycles. The summed E-state index contributed by atoms with van der Waals surface area (Å²) in [6, 6.07) is 0. The quantitative estimate of drug-likeness (QED) is 0.0222. The van der Waals surface area contributed by atoms with Gasteiger partial charge in [-0.25, -0.2) is 9.13 Å². The largest absolute Gasteiger partial charge is 0.472 e. The summed E-state index contributed by atoms with van der Waals surface area (Å²) in [6.07, 6.45) is 58.7. The van der Waals surface area contributed by atoms with Crippen molar-refractivity contribution in [2.24, 2.45) is 17.8 Å². The Morgan fingerprint density at radius 3 is 0.687 bits per heavy atom. The number of hydrogen-bond donors (Lipinski definition) is 3. The summed E-state index contributed by atoms with van der Waals surface area (Å²) >= 11 is 0. The molecule has 2 unspecified atom stereocenters. The molecule has 3 N–H and O–H groups in total. The molecule has 17 nitrogen and oxygen atoms in total. The SMILES string of the molecule is CCCCCCCCCCCCCCCCCCCCCCCC(=O)O[C@H](COC(=O)CCCCCCCCCCCCCCCCCC(C)C)COP(=O)(O)OC[C@@H](O)COP(=O)(O)OC[C@@H](COC(=O)CCCCCCCCC(C)C)OC(=O)CCCCCCCCCCC(C)C. The molecule has 0 aromatic rings. The zero-order chi connectivity index (χ0) is 73.0. The van der Waals surface area contributed by atoms with Crippen LogP contribution in [0.1, 0.15) is 414 Å². The second kappa shape index (κ2) is 70.4. The lowest BCUT2D eigenvalue weighted by atomic mass is 10.0. The number of rotatable bonds is 78. The van der Waals surface area contributed by atoms with E-state index in [2.05, 4.69) is 48.5 Å². The Balaban J connectivity index is 5.19. The molecule has 588 valence electrons. The summed E-state index contributed by atoms with van der Waals surface area (Å²) in [5.41, 5.74) is 0. The lowest BCUT2D eigenvalue weighted by Crippen LogP contribution is -2.30. The Labute approximate surface area is 607 Å². The standard InChI is InChI=1S/C80H156O17P2/c1-8-9-10-11-12-13-14-15-16-17-18-19-20-21-24-28-31-34-40-49-56-63-79(84)96-75(67-90-77(82)61-54-47-39-33-30-27-25-22-23-26-29-32-37-44-51-58-71(2)3)69-94-98(86,87)92-65-74(81)66-93-99(88,89)95-70-76(68-91-78(83)62-55-48-43-42-46-53-60-73(6)7)97-80(85)64-57-50-41-36-35-38-45-52-59-72(4)5/h71-76,81H,8-70H2,1-7H3,(H,86,87)(H,88,89)/t74-,75-,76-/m1/s1. The molecular formula is C80H156O17P2. The highest BCUT2D eigenvalue weighted by molar-refractivity contribution is 7.47. The number of aliphatic hydroxyl groups excluding tert-OH is 1. The van der Waals surface area contributed by atoms with Gasteiger partial charge >= 0.3 is 39.5 Å². The van der Waals surface area contributed by atoms with Crippen LogP contribution < -0.4 is 0 Å². The topological polar surface area (TPSA) is 237 Å². The van der Waals surface area contributed by atoms with Crippen molar-refractivity contribution < 1.29 is 80.2 Å². The number of esters is 4. The minimum atomic E-state index is -4.96. The van der Waals surface area contributed by atoms with E-state index in [0.717, 1.165) is 108 Å². The van der Waals surface area contributed by atoms with Crippen LogP contribution in [0.3, 0.4) is 0 Å². The average Bonchev–Trinajstić information content (AvgIpc) is 1.21. The number of hydrogen-bond acceptors (Lipinski definition) is 15. The number of phosphoric ester groups is 2. The lowest BCUT2D eigenvalue weighted by Gasteiger charge is -2.21. The van der Waals surface area contributed by atoms with Gasteiger partial charge in [-0.3, -0.25) is 37.3 Å². The summed E-state index contributed by atoms with van der Waals surface area (Å²) in [5, 5.41) is 10.6. The van der Waals surface area contributed by atoms with Gasteiger partial charge in [0.1, 0.15) is 19.3 Å². The van der Waals surface area contributed by atoms with E-state index in [1.807, 2.05) is 0 Å². The van der Waals surface area contributed by atoms with E-state index >= 15 is 0 Å². The van der Waals surface area contributed by atoms with Crippen molar-refractivity contribution in [1.82, 2.24) is 0 Å². The first-order valence-electron chi connectivity index (χ1n) is 41.3. The Kier molecular flexibility index (Phi) is 69.0. The molecule has 0 aromatic carbocycles. The summed E-state index contributed by atoms with van der Waals surface area (Å²) in [5.74, 6) is 0.0859. The van der Waals surface area contributed by atoms with Crippen LogP contribution in [0.5, 0.6) is 0 Å². The molecule has 99 heavy (non-hydrogen) atoms. The summed E-state index contributed by atoms with van der Waals surface area (Å²) in [4.78, 5) is 72.9. The third-order valence-corrected chi connectivity index (χ3v) is 20.5. The van der Waals surface area contributed by atoms with E-state index in [0.29, 0.717) is 31.6 Å². The fourth-order valence-corrected chi connectivity index (χ4v) is 13.9. The monoisotopic (exact) mass is 1450 g/mol. The second-order valence-corrected chi connectivity index (χ2v) is 33.1. The molecule has 0 bridgehead atoms. The lowest BCUT2D eigenvalue weighted by molar-refractivity contribution is -0.161. The first-order valence-corrected chi connectivity index (χ1v) is 44.3. The van der Waals surface area contributed by atoms with Gasteiger partial charge in [0, 0.05) is 25.7 Å². The number of phosphoric acid groups is 2. The number of carbonyl (C=O) groups is 4. The van der Waals surface area contributed by atoms with Crippen LogP contribution in [-0.4, -0.2) is 96.7 Å². The van der Waals surface area contributed by atoms with Gasteiger partial charge < -0.3 is 33.8 Å². The van der Waals surface area contributed by atoms with E-state index in [4.69, 9.17) is 37.0 Å². The highest BCUT2D eigenvalue weighted by Crippen LogP contribution is 2.45. The minimum absolute atomic E-state index is 0.103. The first-order chi connectivity index (χ1) is 47.7. The van der Waals surface area contributed by atoms with E-state index in [9.17, 15) is 43.2 Å². The van der Waals surface area contributed by atoms with E-state index < -0.39 is 97.5 Å². The second-order valence-electron chi connectivity index (χ2n) is 30.2. The van der Waals surface area contributed by atoms with Crippen LogP contribution in [-0.2, 0) is 65.4 Å². The molecule has 0 rings (SSSR count). The van der Waals surface area contributed by atoms with Crippen molar-refractivity contribution in [3.63, 3.8) is 0 Å². The highest BCUT2D eigenvalue weighted by Gasteiger charge is 2.30. The molecule has 0 radical (unpaired) electrons. The van der Waals surface area contributed by atoms with Crippen molar-refractivity contribution in [3.05, 3.63) is 0 Å². The maximum absolute atomic E-state index is 13.1. The Hall–Kier alpha value is -1.94. The fraction of sp³-hybridized carbons (Fsp3) is 0.950. The third-order valence-electron chi connectivity index (χ3n) is 18.6. The van der Waals surface area contributed by atoms with E-state index in [1.165, 1.54) is 218 Å². The van der Waals surface area contributed by atoms with Crippen LogP contribution in [0.15, 0.2) is 0 Å². The van der Waals surface area contributed by atoms with Gasteiger partial charge in [-0.05, 0) is 43.4 Å². The van der Waals surface area contributed by atoms with Crippen molar-refractivity contribution >= 4 is 39.5 Å². The van der Waals surface area contributed by atoms with E-state index in [1.54, 1.807) is 0 Å². The van der Waals surface area contributed by atoms with E-state index in [-0.39, 0.29) is 25.7 Å². The third kappa shape index (κ3) is 74.1. The summed E-state index contributed by atoms with van der Waals surface area (Å²) in [6.45, 7) is 11.8. The minimum Gasteiger partial charge on any atom is -0.462 e. The molecule has 5 atom stereocenters. The number of aliphatic hydroxyl groups is 1. The zero-order valence-electron chi connectivity index (χ0n) is 65.0. The van der Waals surface area contributed by atoms with Gasteiger partial charge in [0.05, 0.1) is 26.4 Å². The van der Waals surface area contributed by atoms with Gasteiger partial charge in [0.25, 0.3) is 0 Å². The van der Waals surface area contributed by atoms with Crippen LogP contribution in [0.25, 0.3) is 0 Å². The van der Waals surface area contributed by atoms with Gasteiger partial charge in [-0.15, -0.1) is 0 Å². The van der Waals surface area contributed by atoms with Crippen molar-refractivity contribution in [2.75, 3.05) is 39.6 Å². The predicted molar refractivity (Wildman–Crippen MR) is 405 cm³/mol. The normalized spacial score (nSPS) is 14.0. The predicted octanol–water partition coefficient (Wildman–Crippen LogP) is 23.7. The van der Waals surface area contributed by atoms with Crippen LogP contribution in [0.2, 0.25) is 0 Å². The summed E-state index contributed by atoms with van der Waals surface area (Å²) in [7, 11) is -9.92. The van der Waals surface area contributed by atoms with Crippen LogP contribution >= 0.6 is 15.6 Å². The Morgan fingerprint density at radius 2 is 0.465 bits per heavy atom. The summed E-state index contributed by atoms with van der Waals surface area (Å²) < 4.78 is 68.6. The first kappa shape index (κ1) is 97.1. The number of carbonyl (C=O) groups excluding carboxylic acids is 4. The molecule has 0 aliphatic carbocycles.